The fourth-order valence-electron chi connectivity index (χ4n) is 3.44. The molecule has 1 amide bonds. The molecule has 0 radical (unpaired) electrons. The molecule has 0 saturated carbocycles. The van der Waals surface area contributed by atoms with Crippen molar-refractivity contribution in [3.8, 4) is 5.75 Å². The van der Waals surface area contributed by atoms with Crippen molar-refractivity contribution in [3.63, 3.8) is 0 Å². The van der Waals surface area contributed by atoms with Crippen LogP contribution in [0.1, 0.15) is 22.9 Å². The largest absolute Gasteiger partial charge is 0.507 e. The monoisotopic (exact) mass is 468 g/mol. The van der Waals surface area contributed by atoms with E-state index in [0.717, 1.165) is 5.56 Å². The molecule has 0 aliphatic carbocycles. The minimum atomic E-state index is -0.853. The van der Waals surface area contributed by atoms with Gasteiger partial charge in [-0.05, 0) is 64.0 Å². The summed E-state index contributed by atoms with van der Waals surface area (Å²) in [7, 11) is 1.53. The maximum atomic E-state index is 12.9. The van der Waals surface area contributed by atoms with Crippen LogP contribution in [-0.4, -0.2) is 33.8 Å². The highest BCUT2D eigenvalue weighted by Gasteiger charge is 2.47. The molecular formula is C22H17BrN2O5. The van der Waals surface area contributed by atoms with Crippen LogP contribution in [0.5, 0.6) is 5.75 Å². The summed E-state index contributed by atoms with van der Waals surface area (Å²) >= 11 is 3.38. The SMILES string of the molecule is COc1ccc(/C(O)=C2/C(=O)C(=O)N(Cc3ccncc3)C2c2ccco2)cc1Br. The minimum absolute atomic E-state index is 0.0268. The zero-order valence-electron chi connectivity index (χ0n) is 15.9. The van der Waals surface area contributed by atoms with E-state index in [9.17, 15) is 14.7 Å². The van der Waals surface area contributed by atoms with Crippen molar-refractivity contribution in [1.82, 2.24) is 9.88 Å². The van der Waals surface area contributed by atoms with Crippen LogP contribution in [0.25, 0.3) is 5.76 Å². The van der Waals surface area contributed by atoms with Crippen LogP contribution < -0.4 is 4.74 Å². The Balaban J connectivity index is 1.83. The lowest BCUT2D eigenvalue weighted by molar-refractivity contribution is -0.140. The number of furan rings is 1. The van der Waals surface area contributed by atoms with E-state index in [-0.39, 0.29) is 17.9 Å². The van der Waals surface area contributed by atoms with Crippen molar-refractivity contribution in [1.29, 1.82) is 0 Å². The summed E-state index contributed by atoms with van der Waals surface area (Å²) in [5.74, 6) is -0.794. The van der Waals surface area contributed by atoms with Gasteiger partial charge in [-0.2, -0.15) is 0 Å². The summed E-state index contributed by atoms with van der Waals surface area (Å²) in [5.41, 5.74) is 1.15. The second-order valence-corrected chi connectivity index (χ2v) is 7.50. The van der Waals surface area contributed by atoms with Gasteiger partial charge in [0, 0.05) is 24.5 Å². The first-order valence-electron chi connectivity index (χ1n) is 9.06. The van der Waals surface area contributed by atoms with Gasteiger partial charge in [-0.3, -0.25) is 14.6 Å². The number of ether oxygens (including phenoxy) is 1. The van der Waals surface area contributed by atoms with Gasteiger partial charge in [-0.15, -0.1) is 0 Å². The van der Waals surface area contributed by atoms with E-state index < -0.39 is 17.7 Å². The quantitative estimate of drug-likeness (QED) is 0.344. The molecule has 1 aromatic carbocycles. The van der Waals surface area contributed by atoms with Gasteiger partial charge < -0.3 is 19.2 Å². The van der Waals surface area contributed by atoms with Crippen molar-refractivity contribution in [3.05, 3.63) is 88.1 Å². The summed E-state index contributed by atoms with van der Waals surface area (Å²) in [4.78, 5) is 31.2. The lowest BCUT2D eigenvalue weighted by Gasteiger charge is -2.23. The smallest absolute Gasteiger partial charge is 0.296 e. The molecule has 0 bridgehead atoms. The summed E-state index contributed by atoms with van der Waals surface area (Å²) in [5, 5.41) is 11.0. The molecule has 1 atom stereocenters. The van der Waals surface area contributed by atoms with Gasteiger partial charge in [0.2, 0.25) is 0 Å². The molecule has 1 saturated heterocycles. The number of rotatable bonds is 5. The number of aliphatic hydroxyl groups excluding tert-OH is 1. The third kappa shape index (κ3) is 3.50. The van der Waals surface area contributed by atoms with Crippen LogP contribution in [0.2, 0.25) is 0 Å². The number of hydrogen-bond acceptors (Lipinski definition) is 6. The van der Waals surface area contributed by atoms with Crippen LogP contribution >= 0.6 is 15.9 Å². The molecule has 0 spiro atoms. The van der Waals surface area contributed by atoms with Gasteiger partial charge in [-0.1, -0.05) is 0 Å². The molecule has 3 aromatic rings. The number of carbonyl (C=O) groups is 2. The minimum Gasteiger partial charge on any atom is -0.507 e. The number of hydrogen-bond donors (Lipinski definition) is 1. The zero-order valence-corrected chi connectivity index (χ0v) is 17.5. The average Bonchev–Trinajstić information content (AvgIpc) is 3.37. The molecule has 4 rings (SSSR count). The van der Waals surface area contributed by atoms with Crippen LogP contribution in [0.3, 0.4) is 0 Å². The second kappa shape index (κ2) is 8.16. The maximum absolute atomic E-state index is 12.9. The van der Waals surface area contributed by atoms with Crippen LogP contribution in [0.15, 0.2) is 75.6 Å². The Labute approximate surface area is 180 Å². The molecule has 1 unspecified atom stereocenters. The fraction of sp³-hybridized carbons (Fsp3) is 0.136. The number of halogens is 1. The van der Waals surface area contributed by atoms with E-state index in [0.29, 0.717) is 21.5 Å². The molecule has 1 aliphatic rings. The molecule has 2 aromatic heterocycles. The van der Waals surface area contributed by atoms with Crippen molar-refractivity contribution < 1.29 is 23.8 Å². The van der Waals surface area contributed by atoms with Crippen LogP contribution in [0.4, 0.5) is 0 Å². The molecule has 7 nitrogen and oxygen atoms in total. The second-order valence-electron chi connectivity index (χ2n) is 6.65. The summed E-state index contributed by atoms with van der Waals surface area (Å²) in [6, 6.07) is 10.9. The average molecular weight is 469 g/mol. The van der Waals surface area contributed by atoms with Gasteiger partial charge in [0.05, 0.1) is 23.4 Å². The molecule has 30 heavy (non-hydrogen) atoms. The van der Waals surface area contributed by atoms with E-state index in [4.69, 9.17) is 9.15 Å². The molecule has 8 heteroatoms. The van der Waals surface area contributed by atoms with Gasteiger partial charge in [0.1, 0.15) is 23.3 Å². The zero-order chi connectivity index (χ0) is 21.3. The topological polar surface area (TPSA) is 92.9 Å². The molecule has 1 aliphatic heterocycles. The van der Waals surface area contributed by atoms with E-state index in [1.807, 2.05) is 0 Å². The number of amides is 1. The van der Waals surface area contributed by atoms with E-state index in [2.05, 4.69) is 20.9 Å². The van der Waals surface area contributed by atoms with Gasteiger partial charge in [-0.25, -0.2) is 0 Å². The maximum Gasteiger partial charge on any atom is 0.296 e. The summed E-state index contributed by atoms with van der Waals surface area (Å²) < 4.78 is 11.3. The summed E-state index contributed by atoms with van der Waals surface area (Å²) in [6.07, 6.45) is 4.69. The first-order chi connectivity index (χ1) is 14.5. The molecular weight excluding hydrogens is 452 g/mol. The van der Waals surface area contributed by atoms with Crippen molar-refractivity contribution >= 4 is 33.4 Å². The molecule has 1 fully saturated rings. The Hall–Kier alpha value is -3.39. The third-order valence-corrected chi connectivity index (χ3v) is 5.50. The number of pyridine rings is 1. The highest BCUT2D eigenvalue weighted by molar-refractivity contribution is 9.10. The number of likely N-dealkylation sites (tertiary alicyclic amines) is 1. The van der Waals surface area contributed by atoms with E-state index >= 15 is 0 Å². The Bertz CT molecular complexity index is 1130. The molecule has 3 heterocycles. The summed E-state index contributed by atoms with van der Waals surface area (Å²) in [6.45, 7) is 0.168. The number of carbonyl (C=O) groups excluding carboxylic acids is 2. The predicted molar refractivity (Wildman–Crippen MR) is 111 cm³/mol. The number of nitrogens with zero attached hydrogens (tertiary/aromatic N) is 2. The number of Topliss-reactive ketones (excluding diaryl/α,β-unsaturated/α-hetero) is 1. The van der Waals surface area contributed by atoms with Gasteiger partial charge >= 0.3 is 0 Å². The van der Waals surface area contributed by atoms with E-state index in [1.54, 1.807) is 54.9 Å². The first kappa shape index (κ1) is 19.9. The highest BCUT2D eigenvalue weighted by Crippen LogP contribution is 2.41. The number of aliphatic hydroxyl groups is 1. The molecule has 152 valence electrons. The predicted octanol–water partition coefficient (Wildman–Crippen LogP) is 4.07. The van der Waals surface area contributed by atoms with E-state index in [1.165, 1.54) is 18.3 Å². The Morgan fingerprint density at radius 3 is 2.63 bits per heavy atom. The Kier molecular flexibility index (Phi) is 5.41. The Morgan fingerprint density at radius 2 is 2.00 bits per heavy atom. The van der Waals surface area contributed by atoms with Gasteiger partial charge in [0.25, 0.3) is 11.7 Å². The van der Waals surface area contributed by atoms with Gasteiger partial charge in [0.15, 0.2) is 0 Å². The highest BCUT2D eigenvalue weighted by atomic mass is 79.9. The van der Waals surface area contributed by atoms with Crippen LogP contribution in [-0.2, 0) is 16.1 Å². The number of benzene rings is 1. The van der Waals surface area contributed by atoms with Crippen molar-refractivity contribution in [2.75, 3.05) is 7.11 Å². The number of aromatic nitrogens is 1. The van der Waals surface area contributed by atoms with Crippen molar-refractivity contribution in [2.24, 2.45) is 0 Å². The van der Waals surface area contributed by atoms with Crippen molar-refractivity contribution in [2.45, 2.75) is 12.6 Å². The third-order valence-electron chi connectivity index (χ3n) is 4.88. The van der Waals surface area contributed by atoms with Crippen LogP contribution in [0, 0.1) is 0 Å². The standard InChI is InChI=1S/C22H17BrN2O5/c1-29-16-5-4-14(11-15(16)23)20(26)18-19(17-3-2-10-30-17)25(22(28)21(18)27)12-13-6-8-24-9-7-13/h2-11,19,26H,12H2,1H3/b20-18-. The normalized spacial score (nSPS) is 18.1. The lowest BCUT2D eigenvalue weighted by atomic mass is 9.99. The first-order valence-corrected chi connectivity index (χ1v) is 9.85. The number of methoxy groups -OCH3 is 1. The fourth-order valence-corrected chi connectivity index (χ4v) is 3.98. The lowest BCUT2D eigenvalue weighted by Crippen LogP contribution is -2.29. The Morgan fingerprint density at radius 1 is 1.23 bits per heavy atom. The number of ketones is 1. The molecule has 1 N–H and O–H groups in total.